The Morgan fingerprint density at radius 2 is 1.86 bits per heavy atom. The van der Waals surface area contributed by atoms with E-state index in [2.05, 4.69) is 10.6 Å². The first kappa shape index (κ1) is 16.7. The molecule has 2 aromatic rings. The molecular weight excluding hydrogens is 319 g/mol. The highest BCUT2D eigenvalue weighted by atomic mass is 35.5. The Balaban J connectivity index is 1.85. The van der Waals surface area contributed by atoms with Crippen LogP contribution in [0.15, 0.2) is 36.4 Å². The zero-order valence-corrected chi connectivity index (χ0v) is 14.1. The maximum atomic E-state index is 11.9. The van der Waals surface area contributed by atoms with E-state index in [1.807, 2.05) is 44.2 Å². The van der Waals surface area contributed by atoms with Crippen LogP contribution in [0.5, 0.6) is 0 Å². The first-order chi connectivity index (χ1) is 10.5. The molecule has 0 fully saturated rings. The van der Waals surface area contributed by atoms with Crippen LogP contribution in [-0.2, 0) is 4.79 Å². The Kier molecular flexibility index (Phi) is 5.69. The molecule has 0 bridgehead atoms. The van der Waals surface area contributed by atoms with Crippen molar-refractivity contribution in [2.45, 2.75) is 20.3 Å². The number of carbonyl (C=O) groups is 1. The van der Waals surface area contributed by atoms with Crippen molar-refractivity contribution < 1.29 is 4.79 Å². The molecule has 2 aromatic carbocycles. The third-order valence-electron chi connectivity index (χ3n) is 3.39. The van der Waals surface area contributed by atoms with E-state index in [-0.39, 0.29) is 5.91 Å². The fourth-order valence-electron chi connectivity index (χ4n) is 2.00. The zero-order valence-electron chi connectivity index (χ0n) is 12.5. The van der Waals surface area contributed by atoms with Gasteiger partial charge in [-0.3, -0.25) is 4.79 Å². The van der Waals surface area contributed by atoms with Gasteiger partial charge in [-0.05, 0) is 49.2 Å². The summed E-state index contributed by atoms with van der Waals surface area (Å²) in [6, 6.07) is 11.1. The van der Waals surface area contributed by atoms with E-state index in [0.717, 1.165) is 16.8 Å². The van der Waals surface area contributed by atoms with Crippen molar-refractivity contribution >= 4 is 40.5 Å². The number of halogens is 2. The molecule has 0 atom stereocenters. The number of hydrogen-bond donors (Lipinski definition) is 2. The maximum absolute atomic E-state index is 11.9. The van der Waals surface area contributed by atoms with Gasteiger partial charge in [-0.15, -0.1) is 0 Å². The summed E-state index contributed by atoms with van der Waals surface area (Å²) >= 11 is 12.1. The summed E-state index contributed by atoms with van der Waals surface area (Å²) < 4.78 is 0. The second-order valence-electron chi connectivity index (χ2n) is 5.10. The number of amides is 1. The van der Waals surface area contributed by atoms with Crippen molar-refractivity contribution in [3.05, 3.63) is 57.6 Å². The predicted octanol–water partition coefficient (Wildman–Crippen LogP) is 5.05. The number of hydrogen-bond acceptors (Lipinski definition) is 2. The second kappa shape index (κ2) is 7.52. The predicted molar refractivity (Wildman–Crippen MR) is 94.1 cm³/mol. The molecule has 0 saturated carbocycles. The highest BCUT2D eigenvalue weighted by Gasteiger charge is 2.05. The van der Waals surface area contributed by atoms with Gasteiger partial charge in [0, 0.05) is 34.4 Å². The van der Waals surface area contributed by atoms with Gasteiger partial charge in [-0.25, -0.2) is 0 Å². The van der Waals surface area contributed by atoms with Crippen LogP contribution in [0.3, 0.4) is 0 Å². The summed E-state index contributed by atoms with van der Waals surface area (Å²) in [5, 5.41) is 7.41. The Morgan fingerprint density at radius 3 is 2.59 bits per heavy atom. The van der Waals surface area contributed by atoms with E-state index in [0.29, 0.717) is 28.7 Å². The van der Waals surface area contributed by atoms with E-state index in [1.54, 1.807) is 6.07 Å². The lowest BCUT2D eigenvalue weighted by Crippen LogP contribution is -2.16. The lowest BCUT2D eigenvalue weighted by molar-refractivity contribution is -0.115. The van der Waals surface area contributed by atoms with Gasteiger partial charge >= 0.3 is 0 Å². The van der Waals surface area contributed by atoms with Crippen LogP contribution in [0.4, 0.5) is 11.4 Å². The molecule has 116 valence electrons. The van der Waals surface area contributed by atoms with Crippen LogP contribution in [0.25, 0.3) is 0 Å². The summed E-state index contributed by atoms with van der Waals surface area (Å²) in [4.78, 5) is 11.9. The Hall–Kier alpha value is -1.71. The van der Waals surface area contributed by atoms with Crippen LogP contribution >= 0.6 is 23.2 Å². The van der Waals surface area contributed by atoms with Gasteiger partial charge < -0.3 is 10.6 Å². The molecule has 0 saturated heterocycles. The van der Waals surface area contributed by atoms with Gasteiger partial charge in [0.2, 0.25) is 5.91 Å². The van der Waals surface area contributed by atoms with Gasteiger partial charge in [-0.1, -0.05) is 35.3 Å². The van der Waals surface area contributed by atoms with Crippen molar-refractivity contribution in [2.24, 2.45) is 0 Å². The molecule has 5 heteroatoms. The van der Waals surface area contributed by atoms with Gasteiger partial charge in [0.05, 0.1) is 0 Å². The van der Waals surface area contributed by atoms with E-state index in [9.17, 15) is 4.79 Å². The number of rotatable bonds is 5. The molecular formula is C17H18Cl2N2O. The number of aryl methyl sites for hydroxylation is 1. The molecule has 1 amide bonds. The normalized spacial score (nSPS) is 10.4. The Bertz CT molecular complexity index is 686. The van der Waals surface area contributed by atoms with Crippen molar-refractivity contribution in [2.75, 3.05) is 17.2 Å². The third kappa shape index (κ3) is 4.39. The van der Waals surface area contributed by atoms with Crippen LogP contribution in [0.2, 0.25) is 10.0 Å². The van der Waals surface area contributed by atoms with E-state index < -0.39 is 0 Å². The monoisotopic (exact) mass is 336 g/mol. The Labute approximate surface area is 140 Å². The molecule has 22 heavy (non-hydrogen) atoms. The SMILES string of the molecule is Cc1ccc(NC(=O)CCNc2cccc(Cl)c2C)cc1Cl. The molecule has 0 aromatic heterocycles. The topological polar surface area (TPSA) is 41.1 Å². The molecule has 0 aliphatic heterocycles. The highest BCUT2D eigenvalue weighted by molar-refractivity contribution is 6.32. The molecule has 0 aliphatic rings. The van der Waals surface area contributed by atoms with E-state index >= 15 is 0 Å². The fraction of sp³-hybridized carbons (Fsp3) is 0.235. The number of carbonyl (C=O) groups excluding carboxylic acids is 1. The zero-order chi connectivity index (χ0) is 16.1. The third-order valence-corrected chi connectivity index (χ3v) is 4.21. The molecule has 0 heterocycles. The first-order valence-corrected chi connectivity index (χ1v) is 7.78. The fourth-order valence-corrected chi connectivity index (χ4v) is 2.36. The molecule has 2 N–H and O–H groups in total. The van der Waals surface area contributed by atoms with Crippen molar-refractivity contribution in [3.63, 3.8) is 0 Å². The van der Waals surface area contributed by atoms with Crippen LogP contribution < -0.4 is 10.6 Å². The van der Waals surface area contributed by atoms with Gasteiger partial charge in [-0.2, -0.15) is 0 Å². The van der Waals surface area contributed by atoms with Crippen LogP contribution in [0, 0.1) is 13.8 Å². The minimum absolute atomic E-state index is 0.0629. The summed E-state index contributed by atoms with van der Waals surface area (Å²) in [6.45, 7) is 4.40. The van der Waals surface area contributed by atoms with Gasteiger partial charge in [0.15, 0.2) is 0 Å². The first-order valence-electron chi connectivity index (χ1n) is 7.02. The second-order valence-corrected chi connectivity index (χ2v) is 5.92. The Morgan fingerprint density at radius 1 is 1.09 bits per heavy atom. The van der Waals surface area contributed by atoms with E-state index in [1.165, 1.54) is 0 Å². The lowest BCUT2D eigenvalue weighted by Gasteiger charge is -2.11. The van der Waals surface area contributed by atoms with Crippen molar-refractivity contribution in [3.8, 4) is 0 Å². The summed E-state index contributed by atoms with van der Waals surface area (Å²) in [5.74, 6) is -0.0629. The lowest BCUT2D eigenvalue weighted by atomic mass is 10.2. The number of benzene rings is 2. The number of nitrogens with one attached hydrogen (secondary N) is 2. The van der Waals surface area contributed by atoms with Gasteiger partial charge in [0.1, 0.15) is 0 Å². The molecule has 0 aliphatic carbocycles. The molecule has 3 nitrogen and oxygen atoms in total. The summed E-state index contributed by atoms with van der Waals surface area (Å²) in [7, 11) is 0. The van der Waals surface area contributed by atoms with Crippen molar-refractivity contribution in [1.82, 2.24) is 0 Å². The van der Waals surface area contributed by atoms with Gasteiger partial charge in [0.25, 0.3) is 0 Å². The molecule has 0 spiro atoms. The minimum Gasteiger partial charge on any atom is -0.384 e. The molecule has 0 radical (unpaired) electrons. The van der Waals surface area contributed by atoms with E-state index in [4.69, 9.17) is 23.2 Å². The van der Waals surface area contributed by atoms with Crippen LogP contribution in [0.1, 0.15) is 17.5 Å². The highest BCUT2D eigenvalue weighted by Crippen LogP contribution is 2.23. The largest absolute Gasteiger partial charge is 0.384 e. The van der Waals surface area contributed by atoms with Crippen molar-refractivity contribution in [1.29, 1.82) is 0 Å². The quantitative estimate of drug-likeness (QED) is 0.801. The summed E-state index contributed by atoms with van der Waals surface area (Å²) in [5.41, 5.74) is 3.62. The standard InChI is InChI=1S/C17H18Cl2N2O/c1-11-6-7-13(10-15(11)19)21-17(22)8-9-20-16-5-3-4-14(18)12(16)2/h3-7,10,20H,8-9H2,1-2H3,(H,21,22). The molecule has 0 unspecified atom stereocenters. The minimum atomic E-state index is -0.0629. The molecule has 2 rings (SSSR count). The average molecular weight is 337 g/mol. The maximum Gasteiger partial charge on any atom is 0.226 e. The average Bonchev–Trinajstić information content (AvgIpc) is 2.47. The van der Waals surface area contributed by atoms with Crippen LogP contribution in [-0.4, -0.2) is 12.5 Å². The number of anilines is 2. The smallest absolute Gasteiger partial charge is 0.226 e. The summed E-state index contributed by atoms with van der Waals surface area (Å²) in [6.07, 6.45) is 0.359.